The van der Waals surface area contributed by atoms with Crippen LogP contribution in [0.4, 0.5) is 5.69 Å². The van der Waals surface area contributed by atoms with E-state index in [-0.39, 0.29) is 28.2 Å². The maximum Gasteiger partial charge on any atom is 0.348 e. The van der Waals surface area contributed by atoms with Crippen LogP contribution in [-0.4, -0.2) is 23.0 Å². The number of amides is 1. The van der Waals surface area contributed by atoms with Gasteiger partial charge in [-0.2, -0.15) is 0 Å². The number of carboxylic acid groups (broad SMARTS) is 1. The summed E-state index contributed by atoms with van der Waals surface area (Å²) in [5, 5.41) is 10.1. The molecule has 0 aliphatic heterocycles. The van der Waals surface area contributed by atoms with E-state index in [1.807, 2.05) is 68.3 Å². The van der Waals surface area contributed by atoms with E-state index in [0.29, 0.717) is 23.1 Å². The number of hydrogen-bond acceptors (Lipinski definition) is 4. The van der Waals surface area contributed by atoms with Crippen molar-refractivity contribution in [1.29, 1.82) is 0 Å². The average Bonchev–Trinajstić information content (AvgIpc) is 3.33. The van der Waals surface area contributed by atoms with Crippen molar-refractivity contribution < 1.29 is 19.4 Å². The Kier molecular flexibility index (Phi) is 9.56. The van der Waals surface area contributed by atoms with Crippen molar-refractivity contribution in [3.8, 4) is 11.8 Å². The van der Waals surface area contributed by atoms with E-state index in [1.54, 1.807) is 0 Å². The number of hydrogen-bond donors (Lipinski definition) is 1. The van der Waals surface area contributed by atoms with Gasteiger partial charge in [-0.15, -0.1) is 11.3 Å². The first kappa shape index (κ1) is 29.0. The molecule has 2 fully saturated rings. The van der Waals surface area contributed by atoms with Crippen molar-refractivity contribution in [3.63, 3.8) is 0 Å². The number of nitrogens with zero attached hydrogens (tertiary/aromatic N) is 1. The number of thiophene rings is 1. The van der Waals surface area contributed by atoms with Gasteiger partial charge in [0.25, 0.3) is 0 Å². The molecule has 1 heterocycles. The highest BCUT2D eigenvalue weighted by Gasteiger charge is 2.36. The number of allylic oxidation sites excluding steroid dienone is 1. The van der Waals surface area contributed by atoms with Gasteiger partial charge in [0.2, 0.25) is 5.91 Å². The van der Waals surface area contributed by atoms with Crippen molar-refractivity contribution in [2.24, 2.45) is 17.3 Å². The molecule has 2 aliphatic rings. The van der Waals surface area contributed by atoms with Crippen LogP contribution in [0.2, 0.25) is 0 Å². The number of rotatable bonds is 7. The Labute approximate surface area is 237 Å². The molecular formula is C33H41NO4S. The van der Waals surface area contributed by atoms with E-state index in [1.165, 1.54) is 16.9 Å². The van der Waals surface area contributed by atoms with E-state index in [2.05, 4.69) is 18.8 Å². The number of aromatic carboxylic acids is 1. The van der Waals surface area contributed by atoms with Crippen LogP contribution in [0.1, 0.15) is 99.2 Å². The van der Waals surface area contributed by atoms with E-state index >= 15 is 0 Å². The molecule has 2 saturated carbocycles. The predicted octanol–water partition coefficient (Wildman–Crippen LogP) is 8.05. The summed E-state index contributed by atoms with van der Waals surface area (Å²) in [5.74, 6) is 6.04. The summed E-state index contributed by atoms with van der Waals surface area (Å²) < 4.78 is 5.87. The number of benzene rings is 1. The molecule has 0 unspecified atom stereocenters. The van der Waals surface area contributed by atoms with E-state index in [4.69, 9.17) is 4.74 Å². The van der Waals surface area contributed by atoms with Crippen molar-refractivity contribution in [2.75, 3.05) is 4.90 Å². The van der Waals surface area contributed by atoms with Crippen LogP contribution >= 0.6 is 11.3 Å². The van der Waals surface area contributed by atoms with E-state index in [9.17, 15) is 14.7 Å². The third-order valence-corrected chi connectivity index (χ3v) is 8.66. The van der Waals surface area contributed by atoms with Crippen LogP contribution in [0, 0.1) is 29.1 Å². The van der Waals surface area contributed by atoms with Crippen LogP contribution in [0.3, 0.4) is 0 Å². The largest absolute Gasteiger partial charge is 0.497 e. The Morgan fingerprint density at radius 3 is 2.36 bits per heavy atom. The van der Waals surface area contributed by atoms with Gasteiger partial charge in [-0.25, -0.2) is 4.79 Å². The molecule has 0 bridgehead atoms. The Bertz CT molecular complexity index is 1230. The molecule has 4 rings (SSSR count). The number of carboxylic acids is 1. The SMILES string of the molecule is CC(C)(C)C#Cc1cc(N(C(=O)[C@H]2CC[C@H](C)CC2)C2CCC(=COCc3ccccc3)CC2)c(C(=O)O)s1. The third kappa shape index (κ3) is 7.99. The molecular weight excluding hydrogens is 506 g/mol. The minimum atomic E-state index is -1.00. The number of carbonyl (C=O) groups excluding carboxylic acids is 1. The predicted molar refractivity (Wildman–Crippen MR) is 158 cm³/mol. The summed E-state index contributed by atoms with van der Waals surface area (Å²) >= 11 is 1.18. The minimum Gasteiger partial charge on any atom is -0.497 e. The fourth-order valence-electron chi connectivity index (χ4n) is 5.40. The smallest absolute Gasteiger partial charge is 0.348 e. The van der Waals surface area contributed by atoms with Crippen molar-refractivity contribution in [1.82, 2.24) is 0 Å². The summed E-state index contributed by atoms with van der Waals surface area (Å²) in [4.78, 5) is 29.2. The van der Waals surface area contributed by atoms with Crippen LogP contribution in [-0.2, 0) is 16.1 Å². The average molecular weight is 548 g/mol. The second-order valence-corrected chi connectivity index (χ2v) is 13.2. The fourth-order valence-corrected chi connectivity index (χ4v) is 6.24. The zero-order valence-electron chi connectivity index (χ0n) is 23.7. The molecule has 0 spiro atoms. The standard InChI is InChI=1S/C33H41NO4S/c1-23-10-14-26(15-11-23)31(35)34(29-20-28(18-19-33(2,3)4)39-30(29)32(36)37)27-16-12-25(13-17-27)22-38-21-24-8-6-5-7-9-24/h5-9,20,22-23,26-27H,10-17,21H2,1-4H3,(H,36,37)/t23-,26-,27?. The molecule has 0 radical (unpaired) electrons. The third-order valence-electron chi connectivity index (χ3n) is 7.63. The van der Waals surface area contributed by atoms with Gasteiger partial charge in [0.05, 0.1) is 16.8 Å². The highest BCUT2D eigenvalue weighted by Crippen LogP contribution is 2.39. The highest BCUT2D eigenvalue weighted by atomic mass is 32.1. The minimum absolute atomic E-state index is 0.0424. The first-order chi connectivity index (χ1) is 18.6. The van der Waals surface area contributed by atoms with Gasteiger partial charge < -0.3 is 14.7 Å². The van der Waals surface area contributed by atoms with Crippen LogP contribution in [0.5, 0.6) is 0 Å². The van der Waals surface area contributed by atoms with Gasteiger partial charge in [-0.1, -0.05) is 49.1 Å². The lowest BCUT2D eigenvalue weighted by molar-refractivity contribution is -0.124. The monoisotopic (exact) mass is 547 g/mol. The molecule has 2 aliphatic carbocycles. The van der Waals surface area contributed by atoms with Crippen LogP contribution in [0.25, 0.3) is 0 Å². The van der Waals surface area contributed by atoms with Crippen molar-refractivity contribution in [3.05, 3.63) is 63.6 Å². The second-order valence-electron chi connectivity index (χ2n) is 12.1. The molecule has 39 heavy (non-hydrogen) atoms. The molecule has 6 heteroatoms. The molecule has 0 atom stereocenters. The molecule has 1 aromatic heterocycles. The van der Waals surface area contributed by atoms with Gasteiger partial charge in [0, 0.05) is 17.4 Å². The lowest BCUT2D eigenvalue weighted by Crippen LogP contribution is -2.46. The molecule has 1 aromatic carbocycles. The Balaban J connectivity index is 1.56. The highest BCUT2D eigenvalue weighted by molar-refractivity contribution is 7.15. The van der Waals surface area contributed by atoms with Crippen molar-refractivity contribution >= 4 is 28.9 Å². The Morgan fingerprint density at radius 2 is 1.74 bits per heavy atom. The zero-order chi connectivity index (χ0) is 28.0. The Morgan fingerprint density at radius 1 is 1.08 bits per heavy atom. The quantitative estimate of drug-likeness (QED) is 0.281. The number of carbonyl (C=O) groups is 2. The lowest BCUT2D eigenvalue weighted by atomic mass is 9.81. The molecule has 2 aromatic rings. The number of ether oxygens (including phenoxy) is 1. The van der Waals surface area contributed by atoms with Crippen molar-refractivity contribution in [2.45, 2.75) is 91.7 Å². The van der Waals surface area contributed by atoms with Gasteiger partial charge in [0.15, 0.2) is 0 Å². The fraction of sp³-hybridized carbons (Fsp3) is 0.515. The van der Waals surface area contributed by atoms with Crippen LogP contribution in [0.15, 0.2) is 48.2 Å². The topological polar surface area (TPSA) is 66.8 Å². The van der Waals surface area contributed by atoms with Crippen LogP contribution < -0.4 is 4.90 Å². The van der Waals surface area contributed by atoms with Gasteiger partial charge in [0.1, 0.15) is 11.5 Å². The van der Waals surface area contributed by atoms with E-state index < -0.39 is 5.97 Å². The lowest BCUT2D eigenvalue weighted by Gasteiger charge is -2.38. The molecule has 1 N–H and O–H groups in total. The maximum atomic E-state index is 14.1. The van der Waals surface area contributed by atoms with Gasteiger partial charge in [-0.05, 0) is 95.3 Å². The second kappa shape index (κ2) is 12.9. The molecule has 1 amide bonds. The molecule has 208 valence electrons. The van der Waals surface area contributed by atoms with Gasteiger partial charge >= 0.3 is 5.97 Å². The molecule has 0 saturated heterocycles. The first-order valence-electron chi connectivity index (χ1n) is 14.2. The summed E-state index contributed by atoms with van der Waals surface area (Å²) in [6.07, 6.45) is 8.92. The number of anilines is 1. The summed E-state index contributed by atoms with van der Waals surface area (Å²) in [6.45, 7) is 8.87. The summed E-state index contributed by atoms with van der Waals surface area (Å²) in [7, 11) is 0. The normalized spacial score (nSPS) is 21.4. The molecule has 5 nitrogen and oxygen atoms in total. The first-order valence-corrected chi connectivity index (χ1v) is 15.0. The Hall–Kier alpha value is -3.04. The van der Waals surface area contributed by atoms with E-state index in [0.717, 1.165) is 56.9 Å². The van der Waals surface area contributed by atoms with Gasteiger partial charge in [-0.3, -0.25) is 4.79 Å². The summed E-state index contributed by atoms with van der Waals surface area (Å²) in [5.41, 5.74) is 2.69. The summed E-state index contributed by atoms with van der Waals surface area (Å²) in [6, 6.07) is 11.9. The zero-order valence-corrected chi connectivity index (χ0v) is 24.5. The maximum absolute atomic E-state index is 14.1.